The van der Waals surface area contributed by atoms with Crippen molar-refractivity contribution >= 4 is 9.24 Å². The quantitative estimate of drug-likeness (QED) is 0.570. The molecule has 0 saturated carbocycles. The first-order chi connectivity index (χ1) is 5.84. The highest BCUT2D eigenvalue weighted by atomic mass is 31.0. The summed E-state index contributed by atoms with van der Waals surface area (Å²) in [5, 5.41) is 0. The zero-order chi connectivity index (χ0) is 8.81. The van der Waals surface area contributed by atoms with E-state index in [1.807, 2.05) is 18.2 Å². The normalized spacial score (nSPS) is 12.8. The first-order valence-electron chi connectivity index (χ1n) is 3.97. The van der Waals surface area contributed by atoms with Crippen molar-refractivity contribution < 1.29 is 4.84 Å². The summed E-state index contributed by atoms with van der Waals surface area (Å²) < 4.78 is 0. The topological polar surface area (TPSA) is 21.3 Å². The molecule has 0 saturated heterocycles. The van der Waals surface area contributed by atoms with Crippen LogP contribution in [0.25, 0.3) is 0 Å². The van der Waals surface area contributed by atoms with Crippen molar-refractivity contribution in [2.45, 2.75) is 13.0 Å². The van der Waals surface area contributed by atoms with Crippen LogP contribution in [0.1, 0.15) is 18.5 Å². The Balaban J connectivity index is 2.48. The maximum Gasteiger partial charge on any atom is 0.0817 e. The molecular weight excluding hydrogens is 169 g/mol. The SMILES string of the molecule is C[C@@H](NOCP)c1ccccc1. The van der Waals surface area contributed by atoms with Gasteiger partial charge in [0.15, 0.2) is 0 Å². The second kappa shape index (κ2) is 5.26. The molecule has 2 atom stereocenters. The van der Waals surface area contributed by atoms with Crippen LogP contribution in [-0.2, 0) is 4.84 Å². The highest BCUT2D eigenvalue weighted by molar-refractivity contribution is 7.16. The smallest absolute Gasteiger partial charge is 0.0817 e. The summed E-state index contributed by atoms with van der Waals surface area (Å²) in [4.78, 5) is 5.06. The summed E-state index contributed by atoms with van der Waals surface area (Å²) in [6.07, 6.45) is 0.608. The second-order valence-corrected chi connectivity index (χ2v) is 2.89. The summed E-state index contributed by atoms with van der Waals surface area (Å²) in [6.45, 7) is 2.07. The van der Waals surface area contributed by atoms with Crippen molar-refractivity contribution in [1.29, 1.82) is 0 Å². The lowest BCUT2D eigenvalue weighted by molar-refractivity contribution is 0.0536. The van der Waals surface area contributed by atoms with Crippen molar-refractivity contribution in [2.24, 2.45) is 0 Å². The Hall–Kier alpha value is -0.430. The molecule has 12 heavy (non-hydrogen) atoms. The van der Waals surface area contributed by atoms with Gasteiger partial charge in [0.1, 0.15) is 0 Å². The zero-order valence-electron chi connectivity index (χ0n) is 7.16. The Morgan fingerprint density at radius 2 is 2.08 bits per heavy atom. The lowest BCUT2D eigenvalue weighted by Gasteiger charge is -2.12. The summed E-state index contributed by atoms with van der Waals surface area (Å²) in [7, 11) is 2.50. The lowest BCUT2D eigenvalue weighted by Crippen LogP contribution is -2.18. The van der Waals surface area contributed by atoms with Crippen molar-refractivity contribution in [2.75, 3.05) is 6.35 Å². The molecule has 0 radical (unpaired) electrons. The molecule has 0 heterocycles. The first-order valence-corrected chi connectivity index (χ1v) is 4.78. The number of benzene rings is 1. The van der Waals surface area contributed by atoms with Crippen LogP contribution in [0, 0.1) is 0 Å². The molecule has 3 heteroatoms. The van der Waals surface area contributed by atoms with Gasteiger partial charge in [-0.15, -0.1) is 9.24 Å². The van der Waals surface area contributed by atoms with Crippen LogP contribution in [-0.4, -0.2) is 6.35 Å². The molecule has 0 aliphatic carbocycles. The van der Waals surface area contributed by atoms with Crippen molar-refractivity contribution in [3.8, 4) is 0 Å². The van der Waals surface area contributed by atoms with Gasteiger partial charge < -0.3 is 0 Å². The Morgan fingerprint density at radius 3 is 2.67 bits per heavy atom. The van der Waals surface area contributed by atoms with Gasteiger partial charge in [-0.05, 0) is 12.5 Å². The Morgan fingerprint density at radius 1 is 1.42 bits per heavy atom. The van der Waals surface area contributed by atoms with Crippen molar-refractivity contribution in [3.05, 3.63) is 35.9 Å². The van der Waals surface area contributed by atoms with E-state index in [2.05, 4.69) is 33.8 Å². The molecule has 1 N–H and O–H groups in total. The van der Waals surface area contributed by atoms with Crippen molar-refractivity contribution in [3.63, 3.8) is 0 Å². The zero-order valence-corrected chi connectivity index (χ0v) is 8.31. The average molecular weight is 183 g/mol. The summed E-state index contributed by atoms with van der Waals surface area (Å²) >= 11 is 0. The fourth-order valence-corrected chi connectivity index (χ4v) is 1.08. The number of rotatable bonds is 4. The molecule has 1 aromatic rings. The molecule has 0 aromatic heterocycles. The van der Waals surface area contributed by atoms with Crippen LogP contribution in [0.3, 0.4) is 0 Å². The fourth-order valence-electron chi connectivity index (χ4n) is 0.983. The maximum atomic E-state index is 5.06. The Labute approximate surface area is 75.5 Å². The largest absolute Gasteiger partial charge is 0.297 e. The van der Waals surface area contributed by atoms with Gasteiger partial charge in [0.2, 0.25) is 0 Å². The van der Waals surface area contributed by atoms with E-state index in [-0.39, 0.29) is 6.04 Å². The molecule has 0 aliphatic heterocycles. The van der Waals surface area contributed by atoms with E-state index >= 15 is 0 Å². The number of hydrogen-bond acceptors (Lipinski definition) is 2. The van der Waals surface area contributed by atoms with Gasteiger partial charge in [-0.2, -0.15) is 5.48 Å². The number of hydroxylamine groups is 1. The second-order valence-electron chi connectivity index (χ2n) is 2.56. The maximum absolute atomic E-state index is 5.06. The summed E-state index contributed by atoms with van der Waals surface area (Å²) in [6, 6.07) is 10.4. The molecule has 1 aromatic carbocycles. The van der Waals surface area contributed by atoms with Gasteiger partial charge in [0, 0.05) is 0 Å². The Bertz CT molecular complexity index is 215. The third kappa shape index (κ3) is 2.90. The van der Waals surface area contributed by atoms with Gasteiger partial charge in [0.05, 0.1) is 12.4 Å². The molecule has 0 amide bonds. The summed E-state index contributed by atoms with van der Waals surface area (Å²) in [5.74, 6) is 0. The van der Waals surface area contributed by atoms with Crippen LogP contribution in [0.5, 0.6) is 0 Å². The molecule has 2 nitrogen and oxygen atoms in total. The molecule has 1 rings (SSSR count). The van der Waals surface area contributed by atoms with Crippen LogP contribution in [0.2, 0.25) is 0 Å². The molecular formula is C9H14NOP. The molecule has 0 spiro atoms. The van der Waals surface area contributed by atoms with Crippen LogP contribution < -0.4 is 5.48 Å². The lowest BCUT2D eigenvalue weighted by atomic mass is 10.1. The van der Waals surface area contributed by atoms with Gasteiger partial charge in [-0.1, -0.05) is 30.3 Å². The number of nitrogens with one attached hydrogen (secondary N) is 1. The van der Waals surface area contributed by atoms with E-state index in [0.29, 0.717) is 6.35 Å². The van der Waals surface area contributed by atoms with Crippen molar-refractivity contribution in [1.82, 2.24) is 5.48 Å². The van der Waals surface area contributed by atoms with E-state index in [9.17, 15) is 0 Å². The van der Waals surface area contributed by atoms with E-state index < -0.39 is 0 Å². The number of hydrogen-bond donors (Lipinski definition) is 1. The van der Waals surface area contributed by atoms with E-state index in [0.717, 1.165) is 0 Å². The van der Waals surface area contributed by atoms with Crippen LogP contribution in [0.15, 0.2) is 30.3 Å². The van der Waals surface area contributed by atoms with Crippen LogP contribution >= 0.6 is 9.24 Å². The monoisotopic (exact) mass is 183 g/mol. The summed E-state index contributed by atoms with van der Waals surface area (Å²) in [5.41, 5.74) is 4.16. The standard InChI is InChI=1S/C9H14NOP/c1-8(10-11-7-12)9-5-3-2-4-6-9/h2-6,8,10H,7,12H2,1H3/t8-/m1/s1. The molecule has 66 valence electrons. The molecule has 0 fully saturated rings. The highest BCUT2D eigenvalue weighted by Gasteiger charge is 2.01. The predicted molar refractivity (Wildman–Crippen MR) is 53.7 cm³/mol. The third-order valence-electron chi connectivity index (χ3n) is 1.64. The minimum Gasteiger partial charge on any atom is -0.297 e. The highest BCUT2D eigenvalue weighted by Crippen LogP contribution is 2.10. The van der Waals surface area contributed by atoms with E-state index in [4.69, 9.17) is 4.84 Å². The molecule has 1 unspecified atom stereocenters. The predicted octanol–water partition coefficient (Wildman–Crippen LogP) is 2.10. The third-order valence-corrected chi connectivity index (χ3v) is 1.81. The van der Waals surface area contributed by atoms with E-state index in [1.165, 1.54) is 5.56 Å². The fraction of sp³-hybridized carbons (Fsp3) is 0.333. The van der Waals surface area contributed by atoms with Gasteiger partial charge in [0.25, 0.3) is 0 Å². The molecule has 0 aliphatic rings. The molecule has 0 bridgehead atoms. The van der Waals surface area contributed by atoms with Crippen LogP contribution in [0.4, 0.5) is 0 Å². The minimum absolute atomic E-state index is 0.242. The van der Waals surface area contributed by atoms with Gasteiger partial charge >= 0.3 is 0 Å². The van der Waals surface area contributed by atoms with Gasteiger partial charge in [-0.3, -0.25) is 4.84 Å². The van der Waals surface area contributed by atoms with E-state index in [1.54, 1.807) is 0 Å². The van der Waals surface area contributed by atoms with Gasteiger partial charge in [-0.25, -0.2) is 0 Å². The minimum atomic E-state index is 0.242. The Kier molecular flexibility index (Phi) is 4.23. The first kappa shape index (κ1) is 9.66. The average Bonchev–Trinajstić information content (AvgIpc) is 2.15.